The molecule has 3 heteroatoms. The summed E-state index contributed by atoms with van der Waals surface area (Å²) < 4.78 is 0. The molecular formula is C12H22BrNO. The molecule has 1 unspecified atom stereocenters. The number of hydrogen-bond acceptors (Lipinski definition) is 1. The number of halogens is 1. The second-order valence-corrected chi connectivity index (χ2v) is 6.38. The lowest BCUT2D eigenvalue weighted by atomic mass is 9.82. The van der Waals surface area contributed by atoms with Crippen molar-refractivity contribution in [1.29, 1.82) is 0 Å². The minimum Gasteiger partial charge on any atom is -0.356 e. The molecule has 15 heavy (non-hydrogen) atoms. The van der Waals surface area contributed by atoms with E-state index in [2.05, 4.69) is 35.1 Å². The molecule has 0 aliphatic heterocycles. The number of hydrogen-bond donors (Lipinski definition) is 1. The number of alkyl halides is 1. The summed E-state index contributed by atoms with van der Waals surface area (Å²) >= 11 is 3.48. The van der Waals surface area contributed by atoms with E-state index in [1.54, 1.807) is 0 Å². The van der Waals surface area contributed by atoms with Crippen LogP contribution in [0.15, 0.2) is 0 Å². The van der Waals surface area contributed by atoms with Crippen molar-refractivity contribution in [3.05, 3.63) is 0 Å². The minimum absolute atomic E-state index is 0.273. The van der Waals surface area contributed by atoms with Crippen molar-refractivity contribution in [3.63, 3.8) is 0 Å². The fourth-order valence-corrected chi connectivity index (χ4v) is 2.29. The number of amides is 1. The summed E-state index contributed by atoms with van der Waals surface area (Å²) in [4.78, 5) is 12.2. The van der Waals surface area contributed by atoms with Crippen molar-refractivity contribution in [2.75, 3.05) is 6.54 Å². The van der Waals surface area contributed by atoms with Crippen molar-refractivity contribution in [2.24, 2.45) is 11.8 Å². The lowest BCUT2D eigenvalue weighted by molar-refractivity contribution is -0.126. The molecule has 0 bridgehead atoms. The minimum atomic E-state index is 0.273. The van der Waals surface area contributed by atoms with Crippen LogP contribution < -0.4 is 5.32 Å². The zero-order valence-electron chi connectivity index (χ0n) is 9.76. The van der Waals surface area contributed by atoms with Gasteiger partial charge in [-0.15, -0.1) is 0 Å². The molecule has 0 aromatic heterocycles. The van der Waals surface area contributed by atoms with Gasteiger partial charge < -0.3 is 5.32 Å². The van der Waals surface area contributed by atoms with E-state index in [1.165, 1.54) is 12.8 Å². The van der Waals surface area contributed by atoms with Gasteiger partial charge in [0.15, 0.2) is 0 Å². The van der Waals surface area contributed by atoms with Crippen LogP contribution in [0.3, 0.4) is 0 Å². The van der Waals surface area contributed by atoms with Crippen LogP contribution in [0.25, 0.3) is 0 Å². The Morgan fingerprint density at radius 3 is 2.53 bits per heavy atom. The molecule has 0 aromatic carbocycles. The second-order valence-electron chi connectivity index (χ2n) is 4.82. The third kappa shape index (κ3) is 5.01. The molecule has 1 aliphatic rings. The van der Waals surface area contributed by atoms with Crippen molar-refractivity contribution in [2.45, 2.75) is 50.8 Å². The van der Waals surface area contributed by atoms with Gasteiger partial charge in [0.2, 0.25) is 5.91 Å². The van der Waals surface area contributed by atoms with Crippen LogP contribution >= 0.6 is 15.9 Å². The maximum atomic E-state index is 11.8. The highest BCUT2D eigenvalue weighted by molar-refractivity contribution is 9.09. The first-order valence-corrected chi connectivity index (χ1v) is 6.93. The summed E-state index contributed by atoms with van der Waals surface area (Å²) in [5, 5.41) is 3.03. The van der Waals surface area contributed by atoms with Gasteiger partial charge in [-0.05, 0) is 38.0 Å². The fraction of sp³-hybridized carbons (Fsp3) is 0.917. The van der Waals surface area contributed by atoms with Gasteiger partial charge in [-0.25, -0.2) is 0 Å². The summed E-state index contributed by atoms with van der Waals surface area (Å²) in [6.07, 6.45) is 5.60. The highest BCUT2D eigenvalue weighted by atomic mass is 79.9. The SMILES string of the molecule is CC(Br)CCNC(=O)C1CCC(C)CC1. The van der Waals surface area contributed by atoms with Gasteiger partial charge in [-0.2, -0.15) is 0 Å². The summed E-state index contributed by atoms with van der Waals surface area (Å²) in [6.45, 7) is 5.19. The van der Waals surface area contributed by atoms with Gasteiger partial charge in [0.05, 0.1) is 0 Å². The van der Waals surface area contributed by atoms with E-state index < -0.39 is 0 Å². The van der Waals surface area contributed by atoms with E-state index >= 15 is 0 Å². The lowest BCUT2D eigenvalue weighted by Crippen LogP contribution is -2.34. The van der Waals surface area contributed by atoms with Crippen LogP contribution in [-0.4, -0.2) is 17.3 Å². The third-order valence-electron chi connectivity index (χ3n) is 3.23. The van der Waals surface area contributed by atoms with E-state index in [0.29, 0.717) is 4.83 Å². The average molecular weight is 276 g/mol. The Kier molecular flexibility index (Phi) is 5.65. The first-order valence-electron chi connectivity index (χ1n) is 6.01. The van der Waals surface area contributed by atoms with Gasteiger partial charge in [0, 0.05) is 17.3 Å². The molecule has 1 atom stereocenters. The van der Waals surface area contributed by atoms with Crippen LogP contribution in [0.5, 0.6) is 0 Å². The quantitative estimate of drug-likeness (QED) is 0.785. The van der Waals surface area contributed by atoms with E-state index in [1.807, 2.05) is 0 Å². The second kappa shape index (κ2) is 6.51. The molecular weight excluding hydrogens is 254 g/mol. The first kappa shape index (κ1) is 13.0. The van der Waals surface area contributed by atoms with E-state index in [0.717, 1.165) is 31.7 Å². The normalized spacial score (nSPS) is 28.5. The molecule has 0 spiro atoms. The van der Waals surface area contributed by atoms with Crippen LogP contribution in [0.2, 0.25) is 0 Å². The molecule has 1 aliphatic carbocycles. The summed E-state index contributed by atoms with van der Waals surface area (Å²) in [6, 6.07) is 0. The summed E-state index contributed by atoms with van der Waals surface area (Å²) in [7, 11) is 0. The van der Waals surface area contributed by atoms with E-state index in [-0.39, 0.29) is 11.8 Å². The smallest absolute Gasteiger partial charge is 0.223 e. The Morgan fingerprint density at radius 2 is 2.00 bits per heavy atom. The fourth-order valence-electron chi connectivity index (χ4n) is 2.06. The van der Waals surface area contributed by atoms with E-state index in [9.17, 15) is 4.79 Å². The molecule has 2 nitrogen and oxygen atoms in total. The predicted octanol–water partition coefficient (Wildman–Crippen LogP) is 3.10. The Bertz CT molecular complexity index is 198. The third-order valence-corrected chi connectivity index (χ3v) is 3.69. The summed E-state index contributed by atoms with van der Waals surface area (Å²) in [5.74, 6) is 1.37. The van der Waals surface area contributed by atoms with Gasteiger partial charge in [-0.3, -0.25) is 4.79 Å². The average Bonchev–Trinajstić information content (AvgIpc) is 2.18. The van der Waals surface area contributed by atoms with Crippen molar-refractivity contribution >= 4 is 21.8 Å². The molecule has 0 radical (unpaired) electrons. The number of carbonyl (C=O) groups excluding carboxylic acids is 1. The van der Waals surface area contributed by atoms with Crippen LogP contribution in [0.4, 0.5) is 0 Å². The molecule has 1 amide bonds. The van der Waals surface area contributed by atoms with Crippen LogP contribution in [0.1, 0.15) is 46.0 Å². The molecule has 88 valence electrons. The zero-order chi connectivity index (χ0) is 11.3. The Labute approximate surface area is 101 Å². The predicted molar refractivity (Wildman–Crippen MR) is 67.1 cm³/mol. The Balaban J connectivity index is 2.17. The maximum Gasteiger partial charge on any atom is 0.223 e. The Hall–Kier alpha value is -0.0500. The number of carbonyl (C=O) groups is 1. The first-order chi connectivity index (χ1) is 7.09. The molecule has 1 N–H and O–H groups in total. The molecule has 1 rings (SSSR count). The summed E-state index contributed by atoms with van der Waals surface area (Å²) in [5.41, 5.74) is 0. The molecule has 0 saturated heterocycles. The van der Waals surface area contributed by atoms with Crippen molar-refractivity contribution in [1.82, 2.24) is 5.32 Å². The monoisotopic (exact) mass is 275 g/mol. The van der Waals surface area contributed by atoms with Crippen molar-refractivity contribution in [3.8, 4) is 0 Å². The van der Waals surface area contributed by atoms with E-state index in [4.69, 9.17) is 0 Å². The molecule has 1 saturated carbocycles. The maximum absolute atomic E-state index is 11.8. The lowest BCUT2D eigenvalue weighted by Gasteiger charge is -2.25. The topological polar surface area (TPSA) is 29.1 Å². The standard InChI is InChI=1S/C12H22BrNO/c1-9-3-5-11(6-4-9)12(15)14-8-7-10(2)13/h9-11H,3-8H2,1-2H3,(H,14,15). The number of rotatable bonds is 4. The van der Waals surface area contributed by atoms with Crippen molar-refractivity contribution < 1.29 is 4.79 Å². The largest absolute Gasteiger partial charge is 0.356 e. The van der Waals surface area contributed by atoms with Gasteiger partial charge in [-0.1, -0.05) is 29.8 Å². The molecule has 0 heterocycles. The number of nitrogens with one attached hydrogen (secondary N) is 1. The molecule has 0 aromatic rings. The van der Waals surface area contributed by atoms with Gasteiger partial charge in [0.1, 0.15) is 0 Å². The zero-order valence-corrected chi connectivity index (χ0v) is 11.3. The highest BCUT2D eigenvalue weighted by Crippen LogP contribution is 2.28. The van der Waals surface area contributed by atoms with Gasteiger partial charge >= 0.3 is 0 Å². The highest BCUT2D eigenvalue weighted by Gasteiger charge is 2.23. The molecule has 1 fully saturated rings. The van der Waals surface area contributed by atoms with Gasteiger partial charge in [0.25, 0.3) is 0 Å². The van der Waals surface area contributed by atoms with Crippen LogP contribution in [0, 0.1) is 11.8 Å². The van der Waals surface area contributed by atoms with Crippen LogP contribution in [-0.2, 0) is 4.79 Å². The Morgan fingerprint density at radius 1 is 1.40 bits per heavy atom.